The summed E-state index contributed by atoms with van der Waals surface area (Å²) in [5, 5.41) is 1.28. The zero-order valence-electron chi connectivity index (χ0n) is 24.9. The van der Waals surface area contributed by atoms with Crippen molar-refractivity contribution in [1.29, 1.82) is 0 Å². The van der Waals surface area contributed by atoms with E-state index in [4.69, 9.17) is 26.8 Å². The average Bonchev–Trinajstić information content (AvgIpc) is 3.37. The number of ether oxygens (including phenoxy) is 2. The van der Waals surface area contributed by atoms with Gasteiger partial charge in [0.05, 0.1) is 17.3 Å². The van der Waals surface area contributed by atoms with Gasteiger partial charge < -0.3 is 20.1 Å². The number of aromatic nitrogens is 1. The summed E-state index contributed by atoms with van der Waals surface area (Å²) in [6, 6.07) is 19.7. The van der Waals surface area contributed by atoms with Gasteiger partial charge in [-0.1, -0.05) is 54.5 Å². The quantitative estimate of drug-likeness (QED) is 0.211. The molecule has 0 radical (unpaired) electrons. The fraction of sp³-hybridized carbons (Fsp3) is 0.353. The number of fused-ring (bicyclic) bond motifs is 1. The maximum atomic E-state index is 12.6. The van der Waals surface area contributed by atoms with E-state index < -0.39 is 5.97 Å². The third kappa shape index (κ3) is 6.66. The maximum absolute atomic E-state index is 12.6. The number of esters is 1. The highest BCUT2D eigenvalue weighted by Gasteiger charge is 2.29. The van der Waals surface area contributed by atoms with Crippen LogP contribution in [0.3, 0.4) is 0 Å². The van der Waals surface area contributed by atoms with Gasteiger partial charge in [-0.3, -0.25) is 4.90 Å². The molecule has 0 amide bonds. The van der Waals surface area contributed by atoms with E-state index in [-0.39, 0.29) is 0 Å². The number of rotatable bonds is 7. The van der Waals surface area contributed by atoms with Gasteiger partial charge >= 0.3 is 5.97 Å². The topological polar surface area (TPSA) is 80.9 Å². The number of nitrogen functional groups attached to an aromatic ring is 1. The van der Waals surface area contributed by atoms with Crippen LogP contribution in [-0.2, 0) is 4.74 Å². The van der Waals surface area contributed by atoms with Gasteiger partial charge in [0.15, 0.2) is 5.13 Å². The maximum Gasteiger partial charge on any atom is 0.341 e. The number of hydrogen-bond donors (Lipinski definition) is 1. The number of allylic oxidation sites excluding steroid dienone is 1. The number of nitrogens with two attached hydrogens (primary N) is 1. The van der Waals surface area contributed by atoms with E-state index in [1.54, 1.807) is 11.6 Å². The Morgan fingerprint density at radius 2 is 1.81 bits per heavy atom. The summed E-state index contributed by atoms with van der Waals surface area (Å²) in [6.07, 6.45) is 3.42. The number of hydrogen-bond acceptors (Lipinski definition) is 8. The van der Waals surface area contributed by atoms with Crippen molar-refractivity contribution < 1.29 is 14.3 Å². The lowest BCUT2D eigenvalue weighted by Crippen LogP contribution is -2.47. The molecule has 1 aliphatic carbocycles. The largest absolute Gasteiger partial charge is 0.465 e. The molecule has 1 saturated heterocycles. The Bertz CT molecular complexity index is 1670. The molecule has 1 aliphatic heterocycles. The summed E-state index contributed by atoms with van der Waals surface area (Å²) in [5.41, 5.74) is 12.7. The van der Waals surface area contributed by atoms with E-state index in [0.29, 0.717) is 27.6 Å². The van der Waals surface area contributed by atoms with Gasteiger partial charge in [-0.15, -0.1) is 0 Å². The second-order valence-electron chi connectivity index (χ2n) is 12.1. The molecule has 0 saturated carbocycles. The third-order valence-corrected chi connectivity index (χ3v) is 9.60. The van der Waals surface area contributed by atoms with Crippen LogP contribution in [0.1, 0.15) is 49.0 Å². The lowest BCUT2D eigenvalue weighted by Gasteiger charge is -2.39. The van der Waals surface area contributed by atoms with Crippen LogP contribution >= 0.6 is 22.9 Å². The number of nitrogens with zero attached hydrogens (tertiary/aromatic N) is 3. The molecule has 43 heavy (non-hydrogen) atoms. The summed E-state index contributed by atoms with van der Waals surface area (Å²) >= 11 is 7.60. The van der Waals surface area contributed by atoms with Gasteiger partial charge in [0.1, 0.15) is 17.1 Å². The van der Waals surface area contributed by atoms with E-state index in [2.05, 4.69) is 40.8 Å². The Morgan fingerprint density at radius 1 is 1.05 bits per heavy atom. The number of carbonyl (C=O) groups is 1. The van der Waals surface area contributed by atoms with Crippen molar-refractivity contribution in [3.8, 4) is 11.5 Å². The van der Waals surface area contributed by atoms with Crippen molar-refractivity contribution >= 4 is 55.5 Å². The van der Waals surface area contributed by atoms with Gasteiger partial charge in [-0.25, -0.2) is 9.78 Å². The van der Waals surface area contributed by atoms with E-state index in [9.17, 15) is 4.79 Å². The fourth-order valence-electron chi connectivity index (χ4n) is 6.08. The van der Waals surface area contributed by atoms with Gasteiger partial charge in [-0.2, -0.15) is 0 Å². The zero-order valence-corrected chi connectivity index (χ0v) is 26.4. The van der Waals surface area contributed by atoms with Crippen molar-refractivity contribution in [2.45, 2.75) is 33.1 Å². The predicted molar refractivity (Wildman–Crippen MR) is 177 cm³/mol. The van der Waals surface area contributed by atoms with Gasteiger partial charge in [0.25, 0.3) is 0 Å². The highest BCUT2D eigenvalue weighted by atomic mass is 35.5. The molecule has 2 N–H and O–H groups in total. The highest BCUT2D eigenvalue weighted by Crippen LogP contribution is 2.43. The van der Waals surface area contributed by atoms with Crippen molar-refractivity contribution in [2.24, 2.45) is 5.41 Å². The average molecular weight is 617 g/mol. The molecule has 224 valence electrons. The Morgan fingerprint density at radius 3 is 2.56 bits per heavy atom. The normalized spacial score (nSPS) is 17.3. The molecular weight excluding hydrogens is 580 g/mol. The van der Waals surface area contributed by atoms with Crippen molar-refractivity contribution in [2.75, 3.05) is 50.5 Å². The molecular formula is C34H37ClN4O3S. The van der Waals surface area contributed by atoms with Crippen LogP contribution in [-0.4, -0.2) is 55.7 Å². The summed E-state index contributed by atoms with van der Waals surface area (Å²) in [4.78, 5) is 21.8. The second kappa shape index (κ2) is 12.2. The van der Waals surface area contributed by atoms with Crippen LogP contribution in [0.5, 0.6) is 11.5 Å². The molecule has 2 heterocycles. The molecule has 0 bridgehead atoms. The fourth-order valence-corrected chi connectivity index (χ4v) is 6.97. The summed E-state index contributed by atoms with van der Waals surface area (Å²) in [5.74, 6) is 0.643. The SMILES string of the molecule is COC(=O)c1ccc(N2CCN(CC3=C(c4ccc(Cl)cc4)CC(C)(C)CC3)CC2)cc1Oc1ccc2nc(N)sc2c1. The lowest BCUT2D eigenvalue weighted by atomic mass is 9.72. The molecule has 0 atom stereocenters. The molecule has 3 aromatic carbocycles. The number of halogens is 1. The molecule has 7 nitrogen and oxygen atoms in total. The van der Waals surface area contributed by atoms with E-state index in [0.717, 1.165) is 66.5 Å². The van der Waals surface area contributed by atoms with Crippen LogP contribution in [0.2, 0.25) is 5.02 Å². The minimum absolute atomic E-state index is 0.299. The van der Waals surface area contributed by atoms with Crippen LogP contribution in [0, 0.1) is 5.41 Å². The Balaban J connectivity index is 1.18. The summed E-state index contributed by atoms with van der Waals surface area (Å²) < 4.78 is 12.2. The highest BCUT2D eigenvalue weighted by molar-refractivity contribution is 7.22. The Labute approximate surface area is 261 Å². The lowest BCUT2D eigenvalue weighted by molar-refractivity contribution is 0.0598. The minimum Gasteiger partial charge on any atom is -0.465 e. The number of piperazine rings is 1. The molecule has 0 unspecified atom stereocenters. The first-order chi connectivity index (χ1) is 20.7. The molecule has 1 fully saturated rings. The molecule has 2 aliphatic rings. The van der Waals surface area contributed by atoms with E-state index in [1.165, 1.54) is 36.0 Å². The van der Waals surface area contributed by atoms with E-state index >= 15 is 0 Å². The first kappa shape index (κ1) is 29.5. The van der Waals surface area contributed by atoms with Crippen molar-refractivity contribution in [3.05, 3.63) is 82.4 Å². The second-order valence-corrected chi connectivity index (χ2v) is 13.6. The molecule has 9 heteroatoms. The number of methoxy groups -OCH3 is 1. The number of carbonyl (C=O) groups excluding carboxylic acids is 1. The van der Waals surface area contributed by atoms with Crippen LogP contribution in [0.15, 0.2) is 66.2 Å². The molecule has 1 aromatic heterocycles. The van der Waals surface area contributed by atoms with Gasteiger partial charge in [-0.05, 0) is 72.2 Å². The Kier molecular flexibility index (Phi) is 8.36. The predicted octanol–water partition coefficient (Wildman–Crippen LogP) is 7.90. The first-order valence-corrected chi connectivity index (χ1v) is 15.9. The number of anilines is 2. The summed E-state index contributed by atoms with van der Waals surface area (Å²) in [6.45, 7) is 9.42. The standard InChI is InChI=1S/C34H37ClN4O3S/c1-34(2)13-12-23(28(20-34)22-4-6-24(35)7-5-22)21-38-14-16-39(17-15-38)25-8-10-27(32(40)41-3)30(18-25)42-26-9-11-29-31(19-26)43-33(36)37-29/h4-11,18-19H,12-17,20-21H2,1-3H3,(H2,36,37). The van der Waals surface area contributed by atoms with Gasteiger partial charge in [0.2, 0.25) is 0 Å². The van der Waals surface area contributed by atoms with Crippen LogP contribution in [0.4, 0.5) is 10.8 Å². The van der Waals surface area contributed by atoms with Gasteiger partial charge in [0, 0.05) is 55.6 Å². The van der Waals surface area contributed by atoms with E-state index in [1.807, 2.05) is 42.5 Å². The zero-order chi connectivity index (χ0) is 30.1. The molecule has 6 rings (SSSR count). The van der Waals surface area contributed by atoms with Crippen molar-refractivity contribution in [3.63, 3.8) is 0 Å². The smallest absolute Gasteiger partial charge is 0.341 e. The first-order valence-electron chi connectivity index (χ1n) is 14.7. The monoisotopic (exact) mass is 616 g/mol. The minimum atomic E-state index is -0.435. The molecule has 0 spiro atoms. The van der Waals surface area contributed by atoms with Crippen molar-refractivity contribution in [1.82, 2.24) is 9.88 Å². The van der Waals surface area contributed by atoms with Crippen LogP contribution < -0.4 is 15.4 Å². The van der Waals surface area contributed by atoms with Crippen LogP contribution in [0.25, 0.3) is 15.8 Å². The third-order valence-electron chi connectivity index (χ3n) is 8.51. The Hall–Kier alpha value is -3.59. The number of benzene rings is 3. The summed E-state index contributed by atoms with van der Waals surface area (Å²) in [7, 11) is 1.38. The number of thiazole rings is 1. The molecule has 4 aromatic rings.